The van der Waals surface area contributed by atoms with Crippen molar-refractivity contribution < 1.29 is 9.47 Å². The van der Waals surface area contributed by atoms with Crippen LogP contribution in [0.1, 0.15) is 18.4 Å². The van der Waals surface area contributed by atoms with Crippen molar-refractivity contribution in [2.75, 3.05) is 14.2 Å². The molecule has 2 rings (SSSR count). The third-order valence-electron chi connectivity index (χ3n) is 2.88. The molecule has 0 bridgehead atoms. The van der Waals surface area contributed by atoms with Crippen LogP contribution in [0.25, 0.3) is 0 Å². The van der Waals surface area contributed by atoms with Gasteiger partial charge in [-0.3, -0.25) is 0 Å². The Morgan fingerprint density at radius 1 is 1.27 bits per heavy atom. The highest BCUT2D eigenvalue weighted by Crippen LogP contribution is 2.52. The SMILES string of the molecule is COc1cccc(C2(C#N)CC2)c1OC. The first-order valence-corrected chi connectivity index (χ1v) is 4.90. The van der Waals surface area contributed by atoms with Gasteiger partial charge < -0.3 is 9.47 Å². The van der Waals surface area contributed by atoms with E-state index in [0.717, 1.165) is 18.4 Å². The zero-order valence-corrected chi connectivity index (χ0v) is 8.91. The van der Waals surface area contributed by atoms with Crippen LogP contribution in [0.2, 0.25) is 0 Å². The first-order valence-electron chi connectivity index (χ1n) is 4.90. The molecule has 3 nitrogen and oxygen atoms in total. The van der Waals surface area contributed by atoms with Crippen LogP contribution < -0.4 is 9.47 Å². The Labute approximate surface area is 89.2 Å². The van der Waals surface area contributed by atoms with Crippen LogP contribution in [0.3, 0.4) is 0 Å². The standard InChI is InChI=1S/C12H13NO2/c1-14-10-5-3-4-9(11(10)15-2)12(8-13)6-7-12/h3-5H,6-7H2,1-2H3. The second-order valence-corrected chi connectivity index (χ2v) is 3.73. The molecule has 78 valence electrons. The molecular weight excluding hydrogens is 190 g/mol. The zero-order chi connectivity index (χ0) is 10.9. The Bertz CT molecular complexity index is 416. The van der Waals surface area contributed by atoms with Gasteiger partial charge in [0.05, 0.1) is 25.7 Å². The summed E-state index contributed by atoms with van der Waals surface area (Å²) in [6, 6.07) is 8.04. The highest BCUT2D eigenvalue weighted by Gasteiger charge is 2.47. The van der Waals surface area contributed by atoms with E-state index in [-0.39, 0.29) is 5.41 Å². The van der Waals surface area contributed by atoms with E-state index in [9.17, 15) is 0 Å². The molecule has 1 fully saturated rings. The number of para-hydroxylation sites is 1. The summed E-state index contributed by atoms with van der Waals surface area (Å²) in [6.07, 6.45) is 1.82. The van der Waals surface area contributed by atoms with Crippen molar-refractivity contribution in [3.63, 3.8) is 0 Å². The molecule has 1 aromatic carbocycles. The second kappa shape index (κ2) is 3.47. The topological polar surface area (TPSA) is 42.2 Å². The molecular formula is C12H13NO2. The van der Waals surface area contributed by atoms with Gasteiger partial charge >= 0.3 is 0 Å². The lowest BCUT2D eigenvalue weighted by Crippen LogP contribution is -2.06. The molecule has 0 amide bonds. The van der Waals surface area contributed by atoms with Crippen molar-refractivity contribution >= 4 is 0 Å². The van der Waals surface area contributed by atoms with Gasteiger partial charge in [0.1, 0.15) is 0 Å². The molecule has 0 N–H and O–H groups in total. The van der Waals surface area contributed by atoms with Gasteiger partial charge in [-0.1, -0.05) is 12.1 Å². The minimum atomic E-state index is -0.333. The number of rotatable bonds is 3. The number of ether oxygens (including phenoxy) is 2. The van der Waals surface area contributed by atoms with Gasteiger partial charge in [-0.15, -0.1) is 0 Å². The van der Waals surface area contributed by atoms with Crippen LogP contribution >= 0.6 is 0 Å². The summed E-state index contributed by atoms with van der Waals surface area (Å²) in [7, 11) is 3.21. The summed E-state index contributed by atoms with van der Waals surface area (Å²) >= 11 is 0. The minimum Gasteiger partial charge on any atom is -0.493 e. The first-order chi connectivity index (χ1) is 7.27. The molecule has 15 heavy (non-hydrogen) atoms. The van der Waals surface area contributed by atoms with Gasteiger partial charge in [0, 0.05) is 5.56 Å². The highest BCUT2D eigenvalue weighted by molar-refractivity contribution is 5.54. The van der Waals surface area contributed by atoms with Crippen LogP contribution in [-0.4, -0.2) is 14.2 Å². The Kier molecular flexibility index (Phi) is 2.28. The Hall–Kier alpha value is -1.69. The molecule has 0 heterocycles. The smallest absolute Gasteiger partial charge is 0.165 e. The molecule has 0 aromatic heterocycles. The molecule has 1 aliphatic carbocycles. The van der Waals surface area contributed by atoms with Gasteiger partial charge in [-0.25, -0.2) is 0 Å². The summed E-state index contributed by atoms with van der Waals surface area (Å²) in [5, 5.41) is 9.15. The van der Waals surface area contributed by atoms with Gasteiger partial charge in [0.25, 0.3) is 0 Å². The lowest BCUT2D eigenvalue weighted by Gasteiger charge is -2.14. The number of nitriles is 1. The fraction of sp³-hybridized carbons (Fsp3) is 0.417. The van der Waals surface area contributed by atoms with Gasteiger partial charge in [0.2, 0.25) is 0 Å². The number of hydrogen-bond donors (Lipinski definition) is 0. The minimum absolute atomic E-state index is 0.333. The van der Waals surface area contributed by atoms with Crippen molar-refractivity contribution in [3.8, 4) is 17.6 Å². The van der Waals surface area contributed by atoms with Crippen LogP contribution in [-0.2, 0) is 5.41 Å². The molecule has 0 atom stereocenters. The summed E-state index contributed by atoms with van der Waals surface area (Å²) in [4.78, 5) is 0. The summed E-state index contributed by atoms with van der Waals surface area (Å²) < 4.78 is 10.5. The van der Waals surface area contributed by atoms with Crippen molar-refractivity contribution in [1.29, 1.82) is 5.26 Å². The Balaban J connectivity index is 2.53. The van der Waals surface area contributed by atoms with Crippen LogP contribution in [0.5, 0.6) is 11.5 Å². The predicted octanol–water partition coefficient (Wildman–Crippen LogP) is 2.26. The van der Waals surface area contributed by atoms with E-state index in [0.29, 0.717) is 11.5 Å². The van der Waals surface area contributed by atoms with Crippen molar-refractivity contribution in [2.24, 2.45) is 0 Å². The molecule has 0 saturated heterocycles. The summed E-state index contributed by atoms with van der Waals surface area (Å²) in [5.74, 6) is 1.38. The van der Waals surface area contributed by atoms with E-state index in [1.54, 1.807) is 14.2 Å². The lowest BCUT2D eigenvalue weighted by molar-refractivity contribution is 0.350. The van der Waals surface area contributed by atoms with Gasteiger partial charge in [-0.05, 0) is 18.9 Å². The number of benzene rings is 1. The lowest BCUT2D eigenvalue weighted by atomic mass is 9.96. The summed E-state index contributed by atoms with van der Waals surface area (Å²) in [5.41, 5.74) is 0.617. The van der Waals surface area contributed by atoms with E-state index in [1.165, 1.54) is 0 Å². The molecule has 0 radical (unpaired) electrons. The molecule has 1 aromatic rings. The maximum atomic E-state index is 9.15. The molecule has 1 saturated carbocycles. The van der Waals surface area contributed by atoms with Crippen LogP contribution in [0.4, 0.5) is 0 Å². The maximum absolute atomic E-state index is 9.15. The average Bonchev–Trinajstić information content (AvgIpc) is 3.08. The maximum Gasteiger partial charge on any atom is 0.165 e. The number of nitrogens with zero attached hydrogens (tertiary/aromatic N) is 1. The second-order valence-electron chi connectivity index (χ2n) is 3.73. The predicted molar refractivity (Wildman–Crippen MR) is 56.1 cm³/mol. The van der Waals surface area contributed by atoms with Gasteiger partial charge in [0.15, 0.2) is 11.5 Å². The van der Waals surface area contributed by atoms with Crippen LogP contribution in [0.15, 0.2) is 18.2 Å². The van der Waals surface area contributed by atoms with Gasteiger partial charge in [-0.2, -0.15) is 5.26 Å². The highest BCUT2D eigenvalue weighted by atomic mass is 16.5. The molecule has 0 unspecified atom stereocenters. The fourth-order valence-electron chi connectivity index (χ4n) is 1.83. The third-order valence-corrected chi connectivity index (χ3v) is 2.88. The number of hydrogen-bond acceptors (Lipinski definition) is 3. The van der Waals surface area contributed by atoms with Crippen molar-refractivity contribution in [3.05, 3.63) is 23.8 Å². The molecule has 1 aliphatic rings. The molecule has 3 heteroatoms. The first kappa shape index (κ1) is 9.85. The van der Waals surface area contributed by atoms with Crippen molar-refractivity contribution in [2.45, 2.75) is 18.3 Å². The normalized spacial score (nSPS) is 16.6. The van der Waals surface area contributed by atoms with E-state index in [1.807, 2.05) is 18.2 Å². The van der Waals surface area contributed by atoms with E-state index in [4.69, 9.17) is 14.7 Å². The fourth-order valence-corrected chi connectivity index (χ4v) is 1.83. The monoisotopic (exact) mass is 203 g/mol. The average molecular weight is 203 g/mol. The van der Waals surface area contributed by atoms with Crippen molar-refractivity contribution in [1.82, 2.24) is 0 Å². The summed E-state index contributed by atoms with van der Waals surface area (Å²) in [6.45, 7) is 0. The number of methoxy groups -OCH3 is 2. The Morgan fingerprint density at radius 2 is 2.00 bits per heavy atom. The van der Waals surface area contributed by atoms with Crippen LogP contribution in [0, 0.1) is 11.3 Å². The molecule has 0 aliphatic heterocycles. The quantitative estimate of drug-likeness (QED) is 0.756. The van der Waals surface area contributed by atoms with E-state index < -0.39 is 0 Å². The van der Waals surface area contributed by atoms with E-state index >= 15 is 0 Å². The Morgan fingerprint density at radius 3 is 2.47 bits per heavy atom. The molecule has 0 spiro atoms. The zero-order valence-electron chi connectivity index (χ0n) is 8.91. The largest absolute Gasteiger partial charge is 0.493 e. The van der Waals surface area contributed by atoms with E-state index in [2.05, 4.69) is 6.07 Å². The third kappa shape index (κ3) is 1.42.